The van der Waals surface area contributed by atoms with Crippen molar-refractivity contribution >= 4 is 37.1 Å². The predicted octanol–water partition coefficient (Wildman–Crippen LogP) is 5.46. The molecule has 0 amide bonds. The van der Waals surface area contributed by atoms with Crippen LogP contribution in [0.25, 0.3) is 0 Å². The van der Waals surface area contributed by atoms with Gasteiger partial charge >= 0.3 is 13.4 Å². The largest absolute Gasteiger partial charge is 0.343 e. The molecule has 0 bridgehead atoms. The van der Waals surface area contributed by atoms with Crippen LogP contribution in [0, 0.1) is 6.92 Å². The zero-order valence-electron chi connectivity index (χ0n) is 18.1. The minimum atomic E-state index is -3.81. The fourth-order valence-electron chi connectivity index (χ4n) is 2.55. The Kier molecular flexibility index (Phi) is 36.3. The Bertz CT molecular complexity index is 342. The summed E-state index contributed by atoms with van der Waals surface area (Å²) in [4.78, 5) is 45.3. The molecular weight excluding hydrogens is 504 g/mol. The van der Waals surface area contributed by atoms with E-state index < -0.39 is 13.4 Å². The molecule has 0 radical (unpaired) electrons. The van der Waals surface area contributed by atoms with Gasteiger partial charge in [0.25, 0.3) is 0 Å². The third-order valence-corrected chi connectivity index (χ3v) is 3.85. The van der Waals surface area contributed by atoms with Crippen LogP contribution >= 0.6 is 13.4 Å². The Morgan fingerprint density at radius 1 is 0.517 bits per heavy atom. The van der Waals surface area contributed by atoms with E-state index in [-0.39, 0.29) is 19.5 Å². The molecule has 11 heteroatoms. The summed E-state index contributed by atoms with van der Waals surface area (Å²) in [6.07, 6.45) is 22.8. The molecule has 0 atom stereocenters. The van der Waals surface area contributed by atoms with Gasteiger partial charge in [0, 0.05) is 19.5 Å². The van der Waals surface area contributed by atoms with Crippen LogP contribution in [-0.4, -0.2) is 29.4 Å². The summed E-state index contributed by atoms with van der Waals surface area (Å²) in [5.74, 6) is 0. The van der Waals surface area contributed by atoms with Crippen molar-refractivity contribution in [2.75, 3.05) is 0 Å². The average molecular weight is 547 g/mol. The minimum Gasteiger partial charge on any atom is -0.343 e. The number of rotatable bonds is 15. The summed E-state index contributed by atoms with van der Waals surface area (Å²) >= 11 is 7.21. The smallest absolute Gasteiger partial charge is 0.319 e. The van der Waals surface area contributed by atoms with Crippen LogP contribution in [0.1, 0.15) is 110 Å². The fourth-order valence-corrected chi connectivity index (χ4v) is 2.55. The molecule has 0 fully saturated rings. The second-order valence-corrected chi connectivity index (χ2v) is 11.8. The number of hydrogen-bond acceptors (Lipinski definition) is 2. The number of hydrogen-bond donors (Lipinski definition) is 6. The van der Waals surface area contributed by atoms with E-state index in [9.17, 15) is 0 Å². The van der Waals surface area contributed by atoms with Crippen LogP contribution in [0.3, 0.4) is 0 Å². The van der Waals surface area contributed by atoms with Crippen molar-refractivity contribution < 1.29 is 48.8 Å². The molecular formula is C18H43O6P2S2Zn-. The van der Waals surface area contributed by atoms with E-state index >= 15 is 0 Å². The fraction of sp³-hybridized carbons (Fsp3) is 0.944. The Labute approximate surface area is 201 Å². The van der Waals surface area contributed by atoms with Gasteiger partial charge in [-0.1, -0.05) is 103 Å². The van der Waals surface area contributed by atoms with Crippen LogP contribution in [0.5, 0.6) is 0 Å². The van der Waals surface area contributed by atoms with E-state index in [1.807, 2.05) is 0 Å². The molecule has 0 aromatic heterocycles. The van der Waals surface area contributed by atoms with E-state index in [0.29, 0.717) is 0 Å². The van der Waals surface area contributed by atoms with Gasteiger partial charge < -0.3 is 36.3 Å². The van der Waals surface area contributed by atoms with Gasteiger partial charge in [0.1, 0.15) is 0 Å². The summed E-state index contributed by atoms with van der Waals surface area (Å²) in [5, 5.41) is 0. The summed E-state index contributed by atoms with van der Waals surface area (Å²) in [6, 6.07) is 0. The molecule has 0 aromatic carbocycles. The van der Waals surface area contributed by atoms with E-state index in [4.69, 9.17) is 29.4 Å². The van der Waals surface area contributed by atoms with Crippen molar-refractivity contribution in [1.82, 2.24) is 0 Å². The van der Waals surface area contributed by atoms with Crippen molar-refractivity contribution in [1.29, 1.82) is 0 Å². The summed E-state index contributed by atoms with van der Waals surface area (Å²) < 4.78 is 0. The first-order valence-corrected chi connectivity index (χ1v) is 15.6. The van der Waals surface area contributed by atoms with Crippen LogP contribution in [0.4, 0.5) is 0 Å². The molecule has 0 unspecified atom stereocenters. The molecule has 0 saturated heterocycles. The molecule has 0 aromatic rings. The summed E-state index contributed by atoms with van der Waals surface area (Å²) in [7, 11) is 0. The molecule has 6 N–H and O–H groups in total. The Morgan fingerprint density at radius 2 is 0.690 bits per heavy atom. The molecule has 6 nitrogen and oxygen atoms in total. The topological polar surface area (TPSA) is 121 Å². The monoisotopic (exact) mass is 545 g/mol. The molecule has 0 aliphatic carbocycles. The third kappa shape index (κ3) is 81.7. The maximum absolute atomic E-state index is 7.56. The van der Waals surface area contributed by atoms with Gasteiger partial charge in [0.15, 0.2) is 0 Å². The van der Waals surface area contributed by atoms with Crippen molar-refractivity contribution in [3.63, 3.8) is 0 Å². The minimum absolute atomic E-state index is 0. The first-order chi connectivity index (χ1) is 12.9. The zero-order chi connectivity index (χ0) is 22.3. The molecule has 29 heavy (non-hydrogen) atoms. The normalized spacial score (nSPS) is 10.9. The Balaban J connectivity index is -0.000000235. The molecule has 0 aliphatic rings. The van der Waals surface area contributed by atoms with Gasteiger partial charge in [0.2, 0.25) is 0 Å². The zero-order valence-corrected chi connectivity index (χ0v) is 24.5. The van der Waals surface area contributed by atoms with Crippen LogP contribution in [0.15, 0.2) is 0 Å². The third-order valence-electron chi connectivity index (χ3n) is 3.85. The van der Waals surface area contributed by atoms with Gasteiger partial charge in [-0.15, -0.1) is 0 Å². The van der Waals surface area contributed by atoms with E-state index in [0.717, 1.165) is 6.42 Å². The first-order valence-electron chi connectivity index (χ1n) is 10.3. The molecule has 176 valence electrons. The standard InChI is InChI=1S/C18H37.2H3O3PS.Zn/c1-3-5-7-9-11-13-15-17-18-16-14-12-10-8-6-4-2;2*1-4(2,3)5;/h1,3-18H2,2H3;2*(H3,1,2,3,5);/q-1;;;. The van der Waals surface area contributed by atoms with Gasteiger partial charge in [0.05, 0.1) is 0 Å². The maximum atomic E-state index is 7.56. The maximum Gasteiger partial charge on any atom is 0.319 e. The van der Waals surface area contributed by atoms with Crippen LogP contribution < -0.4 is 0 Å². The summed E-state index contributed by atoms with van der Waals surface area (Å²) in [6.45, 7) is -1.44. The molecule has 0 spiro atoms. The quantitative estimate of drug-likeness (QED) is 0.0693. The van der Waals surface area contributed by atoms with E-state index in [1.165, 1.54) is 96.3 Å². The van der Waals surface area contributed by atoms with Crippen molar-refractivity contribution in [3.8, 4) is 0 Å². The SMILES string of the molecule is OP(O)(O)=S.OP(O)(O)=S.[CH2-]CCCCCCCCCCCCCCCCC.[Zn]. The molecule has 0 rings (SSSR count). The van der Waals surface area contributed by atoms with E-state index in [2.05, 4.69) is 37.5 Å². The van der Waals surface area contributed by atoms with Crippen LogP contribution in [0.2, 0.25) is 0 Å². The van der Waals surface area contributed by atoms with E-state index in [1.54, 1.807) is 0 Å². The molecule has 0 saturated carbocycles. The summed E-state index contributed by atoms with van der Waals surface area (Å²) in [5.41, 5.74) is 0. The van der Waals surface area contributed by atoms with Crippen molar-refractivity contribution in [2.24, 2.45) is 0 Å². The van der Waals surface area contributed by atoms with Crippen molar-refractivity contribution in [3.05, 3.63) is 6.92 Å². The van der Waals surface area contributed by atoms with Gasteiger partial charge in [-0.05, 0) is 23.6 Å². The number of unbranched alkanes of at least 4 members (excludes halogenated alkanes) is 15. The Hall–Kier alpha value is 1.68. The second-order valence-electron chi connectivity index (χ2n) is 6.83. The Morgan fingerprint density at radius 3 is 0.862 bits per heavy atom. The van der Waals surface area contributed by atoms with Gasteiger partial charge in [-0.25, -0.2) is 0 Å². The second kappa shape index (κ2) is 27.7. The average Bonchev–Trinajstić information content (AvgIpc) is 2.52. The molecule has 0 aliphatic heterocycles. The van der Waals surface area contributed by atoms with Crippen molar-refractivity contribution in [2.45, 2.75) is 110 Å². The first kappa shape index (κ1) is 38.0. The predicted molar refractivity (Wildman–Crippen MR) is 127 cm³/mol. The van der Waals surface area contributed by atoms with Gasteiger partial charge in [-0.2, -0.15) is 6.42 Å². The molecule has 0 heterocycles. The van der Waals surface area contributed by atoms with Gasteiger partial charge in [-0.3, -0.25) is 0 Å². The van der Waals surface area contributed by atoms with Crippen LogP contribution in [-0.2, 0) is 43.1 Å².